The van der Waals surface area contributed by atoms with E-state index in [2.05, 4.69) is 10.3 Å². The summed E-state index contributed by atoms with van der Waals surface area (Å²) in [4.78, 5) is 5.13. The predicted molar refractivity (Wildman–Crippen MR) is 64.8 cm³/mol. The maximum absolute atomic E-state index is 6.14. The Kier molecular flexibility index (Phi) is 3.88. The maximum Gasteiger partial charge on any atom is 0.260 e. The lowest BCUT2D eigenvalue weighted by atomic mass is 10.2. The zero-order valence-corrected chi connectivity index (χ0v) is 10.3. The topological polar surface area (TPSA) is 38.1 Å². The number of hydrogen-bond acceptors (Lipinski definition) is 4. The van der Waals surface area contributed by atoms with Crippen LogP contribution in [0.15, 0.2) is 45.2 Å². The van der Waals surface area contributed by atoms with Crippen LogP contribution in [-0.2, 0) is 6.54 Å². The molecule has 0 aliphatic carbocycles. The number of nitrogens with one attached hydrogen (secondary N) is 1. The van der Waals surface area contributed by atoms with Gasteiger partial charge in [-0.2, -0.15) is 0 Å². The van der Waals surface area contributed by atoms with E-state index in [1.165, 1.54) is 11.8 Å². The molecule has 0 aliphatic rings. The molecule has 0 radical (unpaired) electrons. The normalized spacial score (nSPS) is 10.6. The summed E-state index contributed by atoms with van der Waals surface area (Å²) in [5.41, 5.74) is 1.06. The number of benzene rings is 1. The lowest BCUT2D eigenvalue weighted by Gasteiger charge is -2.08. The first-order valence-electron chi connectivity index (χ1n) is 4.80. The summed E-state index contributed by atoms with van der Waals surface area (Å²) in [5.74, 6) is 0. The molecule has 0 atom stereocenters. The molecule has 2 aromatic rings. The van der Waals surface area contributed by atoms with Crippen molar-refractivity contribution in [3.63, 3.8) is 0 Å². The van der Waals surface area contributed by atoms with Gasteiger partial charge in [-0.25, -0.2) is 4.98 Å². The van der Waals surface area contributed by atoms with Crippen LogP contribution in [-0.4, -0.2) is 12.0 Å². The summed E-state index contributed by atoms with van der Waals surface area (Å²) in [5, 5.41) is 4.48. The van der Waals surface area contributed by atoms with Gasteiger partial charge in [0.15, 0.2) is 0 Å². The van der Waals surface area contributed by atoms with Gasteiger partial charge in [0.25, 0.3) is 5.22 Å². The van der Waals surface area contributed by atoms with Crippen molar-refractivity contribution in [1.82, 2.24) is 10.3 Å². The predicted octanol–water partition coefficient (Wildman–Crippen LogP) is 3.20. The molecule has 1 aromatic carbocycles. The highest BCUT2D eigenvalue weighted by Gasteiger charge is 2.09. The average molecular weight is 255 g/mol. The van der Waals surface area contributed by atoms with Gasteiger partial charge in [-0.3, -0.25) is 0 Å². The number of aromatic nitrogens is 1. The first kappa shape index (κ1) is 11.5. The Morgan fingerprint density at radius 2 is 2.38 bits per heavy atom. The molecule has 16 heavy (non-hydrogen) atoms. The summed E-state index contributed by atoms with van der Waals surface area (Å²) in [6.07, 6.45) is 3.19. The van der Waals surface area contributed by atoms with Crippen molar-refractivity contribution in [2.24, 2.45) is 0 Å². The van der Waals surface area contributed by atoms with Crippen molar-refractivity contribution in [1.29, 1.82) is 0 Å². The molecule has 0 unspecified atom stereocenters. The Hall–Kier alpha value is -0.970. The van der Waals surface area contributed by atoms with Crippen LogP contribution in [0.1, 0.15) is 5.56 Å². The number of nitrogens with zero attached hydrogens (tertiary/aromatic N) is 1. The number of oxazole rings is 1. The third-order valence-corrected chi connectivity index (χ3v) is 3.37. The standard InChI is InChI=1S/C11H11ClN2OS/c1-13-7-8-9(12)3-2-4-10(8)16-11-14-5-6-15-11/h2-6,13H,7H2,1H3. The Balaban J connectivity index is 2.29. The second kappa shape index (κ2) is 5.39. The van der Waals surface area contributed by atoms with Crippen LogP contribution in [0.3, 0.4) is 0 Å². The van der Waals surface area contributed by atoms with Gasteiger partial charge < -0.3 is 9.73 Å². The molecule has 1 aromatic heterocycles. The number of halogens is 1. The van der Waals surface area contributed by atoms with E-state index in [0.29, 0.717) is 5.22 Å². The third-order valence-electron chi connectivity index (χ3n) is 2.04. The average Bonchev–Trinajstić information content (AvgIpc) is 2.76. The fourth-order valence-corrected chi connectivity index (χ4v) is 2.49. The Morgan fingerprint density at radius 1 is 1.50 bits per heavy atom. The van der Waals surface area contributed by atoms with Crippen molar-refractivity contribution in [3.05, 3.63) is 41.2 Å². The first-order valence-corrected chi connectivity index (χ1v) is 6.00. The summed E-state index contributed by atoms with van der Waals surface area (Å²) in [6, 6.07) is 5.81. The SMILES string of the molecule is CNCc1c(Cl)cccc1Sc1ncco1. The van der Waals surface area contributed by atoms with Crippen LogP contribution < -0.4 is 5.32 Å². The van der Waals surface area contributed by atoms with Gasteiger partial charge in [0.2, 0.25) is 0 Å². The van der Waals surface area contributed by atoms with Crippen LogP contribution in [0.5, 0.6) is 0 Å². The zero-order chi connectivity index (χ0) is 11.4. The summed E-state index contributed by atoms with van der Waals surface area (Å²) >= 11 is 7.62. The highest BCUT2D eigenvalue weighted by molar-refractivity contribution is 7.99. The molecule has 0 fully saturated rings. The molecule has 1 N–H and O–H groups in total. The lowest BCUT2D eigenvalue weighted by Crippen LogP contribution is -2.06. The molecule has 0 saturated carbocycles. The molecule has 0 aliphatic heterocycles. The molecule has 1 heterocycles. The lowest BCUT2D eigenvalue weighted by molar-refractivity contribution is 0.454. The van der Waals surface area contributed by atoms with Crippen molar-refractivity contribution >= 4 is 23.4 Å². The molecular weight excluding hydrogens is 244 g/mol. The van der Waals surface area contributed by atoms with E-state index in [0.717, 1.165) is 22.0 Å². The smallest absolute Gasteiger partial charge is 0.260 e. The Labute approximate surface area is 103 Å². The minimum absolute atomic E-state index is 0.625. The largest absolute Gasteiger partial charge is 0.440 e. The van der Waals surface area contributed by atoms with Gasteiger partial charge in [0, 0.05) is 16.5 Å². The summed E-state index contributed by atoms with van der Waals surface area (Å²) in [7, 11) is 1.89. The second-order valence-electron chi connectivity index (χ2n) is 3.15. The van der Waals surface area contributed by atoms with Crippen LogP contribution in [0.2, 0.25) is 5.02 Å². The van der Waals surface area contributed by atoms with Crippen LogP contribution >= 0.6 is 23.4 Å². The van der Waals surface area contributed by atoms with E-state index in [4.69, 9.17) is 16.0 Å². The quantitative estimate of drug-likeness (QED) is 0.909. The minimum atomic E-state index is 0.625. The minimum Gasteiger partial charge on any atom is -0.440 e. The van der Waals surface area contributed by atoms with E-state index in [1.807, 2.05) is 25.2 Å². The van der Waals surface area contributed by atoms with Gasteiger partial charge in [0.1, 0.15) is 6.26 Å². The molecule has 5 heteroatoms. The van der Waals surface area contributed by atoms with E-state index < -0.39 is 0 Å². The van der Waals surface area contributed by atoms with Gasteiger partial charge in [0.05, 0.1) is 6.20 Å². The molecule has 0 bridgehead atoms. The molecule has 0 amide bonds. The van der Waals surface area contributed by atoms with Gasteiger partial charge in [-0.1, -0.05) is 17.7 Å². The zero-order valence-electron chi connectivity index (χ0n) is 8.74. The fourth-order valence-electron chi connectivity index (χ4n) is 1.34. The number of hydrogen-bond donors (Lipinski definition) is 1. The monoisotopic (exact) mass is 254 g/mol. The van der Waals surface area contributed by atoms with Gasteiger partial charge >= 0.3 is 0 Å². The molecule has 0 spiro atoms. The number of rotatable bonds is 4. The van der Waals surface area contributed by atoms with Crippen molar-refractivity contribution < 1.29 is 4.42 Å². The highest BCUT2D eigenvalue weighted by Crippen LogP contribution is 2.32. The van der Waals surface area contributed by atoms with E-state index >= 15 is 0 Å². The van der Waals surface area contributed by atoms with Crippen LogP contribution in [0.4, 0.5) is 0 Å². The van der Waals surface area contributed by atoms with E-state index in [-0.39, 0.29) is 0 Å². The molecule has 2 rings (SSSR count). The maximum atomic E-state index is 6.14. The van der Waals surface area contributed by atoms with Crippen molar-refractivity contribution in [2.45, 2.75) is 16.7 Å². The van der Waals surface area contributed by atoms with Gasteiger partial charge in [-0.15, -0.1) is 0 Å². The van der Waals surface area contributed by atoms with Crippen LogP contribution in [0.25, 0.3) is 0 Å². The van der Waals surface area contributed by atoms with E-state index in [1.54, 1.807) is 12.5 Å². The third kappa shape index (κ3) is 2.58. The highest BCUT2D eigenvalue weighted by atomic mass is 35.5. The van der Waals surface area contributed by atoms with Crippen LogP contribution in [0, 0.1) is 0 Å². The summed E-state index contributed by atoms with van der Waals surface area (Å²) in [6.45, 7) is 0.725. The Morgan fingerprint density at radius 3 is 3.06 bits per heavy atom. The van der Waals surface area contributed by atoms with Crippen molar-refractivity contribution in [3.8, 4) is 0 Å². The summed E-state index contributed by atoms with van der Waals surface area (Å²) < 4.78 is 5.20. The van der Waals surface area contributed by atoms with Gasteiger partial charge in [-0.05, 0) is 36.5 Å². The molecule has 84 valence electrons. The second-order valence-corrected chi connectivity index (χ2v) is 4.55. The van der Waals surface area contributed by atoms with E-state index in [9.17, 15) is 0 Å². The molecule has 3 nitrogen and oxygen atoms in total. The Bertz CT molecular complexity index is 459. The molecular formula is C11H11ClN2OS. The fraction of sp³-hybridized carbons (Fsp3) is 0.182. The molecule has 0 saturated heterocycles. The first-order chi connectivity index (χ1) is 7.81. The van der Waals surface area contributed by atoms with Crippen molar-refractivity contribution in [2.75, 3.05) is 7.05 Å².